The summed E-state index contributed by atoms with van der Waals surface area (Å²) in [4.78, 5) is 36.9. The predicted octanol–water partition coefficient (Wildman–Crippen LogP) is 2.92. The summed E-state index contributed by atoms with van der Waals surface area (Å²) in [6.45, 7) is 0. The second kappa shape index (κ2) is 6.29. The number of carbonyl (C=O) groups excluding carboxylic acids is 3. The molecule has 0 saturated heterocycles. The number of rotatable bonds is 4. The Labute approximate surface area is 141 Å². The van der Waals surface area contributed by atoms with E-state index in [0.717, 1.165) is 11.3 Å². The lowest BCUT2D eigenvalue weighted by molar-refractivity contribution is 0.0606. The summed E-state index contributed by atoms with van der Waals surface area (Å²) < 4.78 is 9.71. The van der Waals surface area contributed by atoms with Gasteiger partial charge in [0.2, 0.25) is 5.78 Å². The van der Waals surface area contributed by atoms with Crippen molar-refractivity contribution in [1.82, 2.24) is 0 Å². The van der Waals surface area contributed by atoms with Crippen LogP contribution in [0.5, 0.6) is 5.75 Å². The van der Waals surface area contributed by atoms with Gasteiger partial charge in [0.15, 0.2) is 5.78 Å². The largest absolute Gasteiger partial charge is 0.497 e. The topological polar surface area (TPSA) is 81.7 Å². The van der Waals surface area contributed by atoms with E-state index < -0.39 is 5.97 Å². The average molecular weight is 343 g/mol. The summed E-state index contributed by atoms with van der Waals surface area (Å²) in [7, 11) is 2.81. The molecule has 1 aliphatic carbocycles. The standard InChI is InChI=1S/C17H13NO5S/c1-22-10-5-3-9(4-6-10)18-12-8-13(19)16-11(15(12)20)7-14(24-16)17(21)23-2/h3-8,18H,1-2H3. The third-order valence-electron chi connectivity index (χ3n) is 3.48. The van der Waals surface area contributed by atoms with Crippen molar-refractivity contribution in [3.8, 4) is 5.75 Å². The number of Topliss-reactive ketones (excluding diaryl/α,β-unsaturated/α-hetero) is 1. The van der Waals surface area contributed by atoms with Crippen molar-refractivity contribution in [2.24, 2.45) is 0 Å². The number of hydrogen-bond acceptors (Lipinski definition) is 7. The van der Waals surface area contributed by atoms with E-state index in [1.165, 1.54) is 19.3 Å². The molecule has 3 rings (SSSR count). The lowest BCUT2D eigenvalue weighted by atomic mass is 10.00. The highest BCUT2D eigenvalue weighted by Gasteiger charge is 2.30. The van der Waals surface area contributed by atoms with Gasteiger partial charge in [0.05, 0.1) is 24.8 Å². The number of ether oxygens (including phenoxy) is 2. The Morgan fingerprint density at radius 2 is 1.83 bits per heavy atom. The molecule has 1 aromatic heterocycles. The molecule has 0 radical (unpaired) electrons. The summed E-state index contributed by atoms with van der Waals surface area (Å²) in [5, 5.41) is 2.93. The Bertz CT molecular complexity index is 864. The van der Waals surface area contributed by atoms with Gasteiger partial charge in [0.1, 0.15) is 10.6 Å². The first kappa shape index (κ1) is 15.9. The van der Waals surface area contributed by atoms with Crippen LogP contribution in [0.2, 0.25) is 0 Å². The maximum atomic E-state index is 12.6. The van der Waals surface area contributed by atoms with E-state index in [1.807, 2.05) is 0 Å². The van der Waals surface area contributed by atoms with Crippen molar-refractivity contribution < 1.29 is 23.9 Å². The van der Waals surface area contributed by atoms with Gasteiger partial charge in [-0.25, -0.2) is 4.79 Å². The zero-order valence-corrected chi connectivity index (χ0v) is 13.7. The highest BCUT2D eigenvalue weighted by Crippen LogP contribution is 2.30. The molecule has 0 fully saturated rings. The van der Waals surface area contributed by atoms with E-state index in [1.54, 1.807) is 31.4 Å². The molecule has 1 aliphatic rings. The zero-order chi connectivity index (χ0) is 17.3. The Kier molecular flexibility index (Phi) is 4.18. The Hall–Kier alpha value is -2.93. The minimum atomic E-state index is -0.570. The number of fused-ring (bicyclic) bond motifs is 1. The molecule has 6 nitrogen and oxygen atoms in total. The summed E-state index contributed by atoms with van der Waals surface area (Å²) >= 11 is 0.959. The second-order valence-electron chi connectivity index (χ2n) is 4.95. The third kappa shape index (κ3) is 2.81. The van der Waals surface area contributed by atoms with Crippen LogP contribution in [0.25, 0.3) is 0 Å². The van der Waals surface area contributed by atoms with Crippen LogP contribution in [0.4, 0.5) is 5.69 Å². The Morgan fingerprint density at radius 1 is 1.12 bits per heavy atom. The minimum Gasteiger partial charge on any atom is -0.497 e. The van der Waals surface area contributed by atoms with E-state index >= 15 is 0 Å². The van der Waals surface area contributed by atoms with Crippen molar-refractivity contribution in [1.29, 1.82) is 0 Å². The first-order valence-electron chi connectivity index (χ1n) is 6.97. The normalized spacial score (nSPS) is 13.2. The van der Waals surface area contributed by atoms with E-state index in [-0.39, 0.29) is 32.6 Å². The van der Waals surface area contributed by atoms with Gasteiger partial charge in [-0.1, -0.05) is 0 Å². The maximum Gasteiger partial charge on any atom is 0.348 e. The third-order valence-corrected chi connectivity index (χ3v) is 4.61. The van der Waals surface area contributed by atoms with Gasteiger partial charge in [0, 0.05) is 17.3 Å². The first-order valence-corrected chi connectivity index (χ1v) is 7.79. The SMILES string of the molecule is COC(=O)c1cc2c(s1)C(=O)C=C(Nc1ccc(OC)cc1)C2=O. The van der Waals surface area contributed by atoms with Crippen LogP contribution in [-0.2, 0) is 4.74 Å². The Morgan fingerprint density at radius 3 is 2.46 bits per heavy atom. The molecule has 122 valence electrons. The van der Waals surface area contributed by atoms with E-state index in [0.29, 0.717) is 11.4 Å². The van der Waals surface area contributed by atoms with Gasteiger partial charge in [-0.2, -0.15) is 0 Å². The number of anilines is 1. The number of nitrogens with one attached hydrogen (secondary N) is 1. The molecule has 0 atom stereocenters. The second-order valence-corrected chi connectivity index (χ2v) is 6.00. The molecule has 0 bridgehead atoms. The van der Waals surface area contributed by atoms with Gasteiger partial charge in [-0.15, -0.1) is 11.3 Å². The fourth-order valence-electron chi connectivity index (χ4n) is 2.27. The van der Waals surface area contributed by atoms with Crippen LogP contribution in [0.1, 0.15) is 29.7 Å². The quantitative estimate of drug-likeness (QED) is 0.860. The van der Waals surface area contributed by atoms with Gasteiger partial charge in [-0.05, 0) is 30.3 Å². The van der Waals surface area contributed by atoms with Crippen LogP contribution in [0, 0.1) is 0 Å². The highest BCUT2D eigenvalue weighted by atomic mass is 32.1. The zero-order valence-electron chi connectivity index (χ0n) is 12.9. The fraction of sp³-hybridized carbons (Fsp3) is 0.118. The van der Waals surface area contributed by atoms with Crippen molar-refractivity contribution in [3.63, 3.8) is 0 Å². The monoisotopic (exact) mass is 343 g/mol. The molecular formula is C17H13NO5S. The number of methoxy groups -OCH3 is 2. The number of carbonyl (C=O) groups is 3. The van der Waals surface area contributed by atoms with E-state index in [9.17, 15) is 14.4 Å². The fourth-order valence-corrected chi connectivity index (χ4v) is 3.26. The number of benzene rings is 1. The van der Waals surface area contributed by atoms with Gasteiger partial charge >= 0.3 is 5.97 Å². The van der Waals surface area contributed by atoms with Crippen LogP contribution in [-0.4, -0.2) is 31.8 Å². The number of esters is 1. The summed E-state index contributed by atoms with van der Waals surface area (Å²) in [6, 6.07) is 8.35. The van der Waals surface area contributed by atoms with Crippen molar-refractivity contribution in [3.05, 3.63) is 57.4 Å². The van der Waals surface area contributed by atoms with Gasteiger partial charge in [0.25, 0.3) is 0 Å². The molecule has 0 saturated carbocycles. The van der Waals surface area contributed by atoms with Crippen molar-refractivity contribution in [2.75, 3.05) is 19.5 Å². The molecule has 0 spiro atoms. The molecular weight excluding hydrogens is 330 g/mol. The van der Waals surface area contributed by atoms with Crippen LogP contribution < -0.4 is 10.1 Å². The smallest absolute Gasteiger partial charge is 0.348 e. The predicted molar refractivity (Wildman–Crippen MR) is 89.0 cm³/mol. The molecule has 1 heterocycles. The minimum absolute atomic E-state index is 0.159. The van der Waals surface area contributed by atoms with Crippen molar-refractivity contribution >= 4 is 34.6 Å². The summed E-state index contributed by atoms with van der Waals surface area (Å²) in [6.07, 6.45) is 1.24. The van der Waals surface area contributed by atoms with Crippen LogP contribution >= 0.6 is 11.3 Å². The summed E-state index contributed by atoms with van der Waals surface area (Å²) in [5.41, 5.74) is 1.02. The molecule has 7 heteroatoms. The van der Waals surface area contributed by atoms with E-state index in [2.05, 4.69) is 10.1 Å². The van der Waals surface area contributed by atoms with Gasteiger partial charge < -0.3 is 14.8 Å². The highest BCUT2D eigenvalue weighted by molar-refractivity contribution is 7.16. The van der Waals surface area contributed by atoms with Crippen LogP contribution in [0.3, 0.4) is 0 Å². The molecule has 0 aliphatic heterocycles. The van der Waals surface area contributed by atoms with Crippen molar-refractivity contribution in [2.45, 2.75) is 0 Å². The number of ketones is 2. The Balaban J connectivity index is 1.88. The van der Waals surface area contributed by atoms with Gasteiger partial charge in [-0.3, -0.25) is 9.59 Å². The van der Waals surface area contributed by atoms with E-state index in [4.69, 9.17) is 4.74 Å². The molecule has 24 heavy (non-hydrogen) atoms. The number of hydrogen-bond donors (Lipinski definition) is 1. The molecule has 1 N–H and O–H groups in total. The number of thiophene rings is 1. The molecule has 0 unspecified atom stereocenters. The molecule has 0 amide bonds. The van der Waals surface area contributed by atoms with Crippen LogP contribution in [0.15, 0.2) is 42.1 Å². The number of allylic oxidation sites excluding steroid dienone is 2. The first-order chi connectivity index (χ1) is 11.5. The maximum absolute atomic E-state index is 12.6. The molecule has 1 aromatic carbocycles. The lowest BCUT2D eigenvalue weighted by Gasteiger charge is -2.14. The summed E-state index contributed by atoms with van der Waals surface area (Å²) in [5.74, 6) is -0.546. The lowest BCUT2D eigenvalue weighted by Crippen LogP contribution is -2.19. The average Bonchev–Trinajstić information content (AvgIpc) is 3.05. The molecule has 2 aromatic rings.